The highest BCUT2D eigenvalue weighted by Gasteiger charge is 2.20. The third-order valence-electron chi connectivity index (χ3n) is 4.55. The number of rotatable bonds is 7. The zero-order valence-corrected chi connectivity index (χ0v) is 17.4. The fraction of sp³-hybridized carbons (Fsp3) is 0.286. The van der Waals surface area contributed by atoms with Gasteiger partial charge < -0.3 is 10.1 Å². The first-order chi connectivity index (χ1) is 14.3. The topological polar surface area (TPSA) is 104 Å². The van der Waals surface area contributed by atoms with E-state index in [0.29, 0.717) is 23.6 Å². The standard InChI is InChI=1S/C21H24N6O3/c1-14-20(15(2)26(4)24-14)22-21(29)16(3)30-19(28)11-10-18-13-27(25-23-18)12-17-8-6-5-7-9-17/h5-11,13,16H,12H2,1-4H3,(H,22,29)/b11-10+/t16-/m0/s1. The third kappa shape index (κ3) is 5.19. The maximum absolute atomic E-state index is 12.3. The molecule has 2 heterocycles. The van der Waals surface area contributed by atoms with Gasteiger partial charge in [-0.05, 0) is 32.4 Å². The number of aromatic nitrogens is 5. The van der Waals surface area contributed by atoms with Crippen molar-refractivity contribution < 1.29 is 14.3 Å². The smallest absolute Gasteiger partial charge is 0.331 e. The molecule has 3 rings (SSSR count). The van der Waals surface area contributed by atoms with Crippen molar-refractivity contribution in [1.82, 2.24) is 24.8 Å². The summed E-state index contributed by atoms with van der Waals surface area (Å²) in [5.74, 6) is -1.07. The van der Waals surface area contributed by atoms with Crippen molar-refractivity contribution >= 4 is 23.6 Å². The molecule has 0 saturated carbocycles. The molecule has 0 saturated heterocycles. The number of nitrogens with zero attached hydrogens (tertiary/aromatic N) is 5. The van der Waals surface area contributed by atoms with E-state index in [4.69, 9.17) is 4.74 Å². The van der Waals surface area contributed by atoms with Gasteiger partial charge in [0.25, 0.3) is 5.91 Å². The van der Waals surface area contributed by atoms with Crippen LogP contribution in [0.15, 0.2) is 42.6 Å². The highest BCUT2D eigenvalue weighted by Crippen LogP contribution is 2.18. The number of hydrogen-bond donors (Lipinski definition) is 1. The SMILES string of the molecule is Cc1nn(C)c(C)c1NC(=O)[C@H](C)OC(=O)/C=C/c1cn(Cc2ccccc2)nn1. The average Bonchev–Trinajstić information content (AvgIpc) is 3.26. The Bertz CT molecular complexity index is 1070. The highest BCUT2D eigenvalue weighted by molar-refractivity contribution is 5.97. The van der Waals surface area contributed by atoms with Gasteiger partial charge in [-0.15, -0.1) is 5.10 Å². The summed E-state index contributed by atoms with van der Waals surface area (Å²) in [6, 6.07) is 9.85. The third-order valence-corrected chi connectivity index (χ3v) is 4.55. The van der Waals surface area contributed by atoms with Crippen LogP contribution < -0.4 is 5.32 Å². The number of benzene rings is 1. The molecule has 1 aromatic carbocycles. The number of esters is 1. The lowest BCUT2D eigenvalue weighted by Crippen LogP contribution is -2.29. The van der Waals surface area contributed by atoms with Gasteiger partial charge in [-0.1, -0.05) is 35.5 Å². The van der Waals surface area contributed by atoms with Crippen molar-refractivity contribution in [3.8, 4) is 0 Å². The Hall–Kier alpha value is -3.75. The second-order valence-corrected chi connectivity index (χ2v) is 6.90. The van der Waals surface area contributed by atoms with Crippen LogP contribution in [0.25, 0.3) is 6.08 Å². The normalized spacial score (nSPS) is 12.1. The van der Waals surface area contributed by atoms with Crippen molar-refractivity contribution in [3.63, 3.8) is 0 Å². The molecule has 0 bridgehead atoms. The van der Waals surface area contributed by atoms with Crippen LogP contribution in [0, 0.1) is 13.8 Å². The summed E-state index contributed by atoms with van der Waals surface area (Å²) in [5, 5.41) is 15.0. The molecule has 0 fully saturated rings. The first kappa shape index (κ1) is 21.0. The molecule has 0 aliphatic heterocycles. The number of carbonyl (C=O) groups excluding carboxylic acids is 2. The molecule has 0 aliphatic rings. The maximum atomic E-state index is 12.3. The van der Waals surface area contributed by atoms with E-state index >= 15 is 0 Å². The number of nitrogens with one attached hydrogen (secondary N) is 1. The molecule has 1 atom stereocenters. The largest absolute Gasteiger partial charge is 0.449 e. The van der Waals surface area contributed by atoms with Crippen LogP contribution in [0.3, 0.4) is 0 Å². The van der Waals surface area contributed by atoms with E-state index in [0.717, 1.165) is 11.3 Å². The molecule has 2 aromatic heterocycles. The van der Waals surface area contributed by atoms with Crippen LogP contribution in [-0.4, -0.2) is 42.8 Å². The Labute approximate surface area is 174 Å². The van der Waals surface area contributed by atoms with Crippen molar-refractivity contribution in [2.75, 3.05) is 5.32 Å². The molecule has 156 valence electrons. The fourth-order valence-corrected chi connectivity index (χ4v) is 2.84. The number of carbonyl (C=O) groups is 2. The molecule has 0 spiro atoms. The van der Waals surface area contributed by atoms with E-state index in [1.807, 2.05) is 37.3 Å². The van der Waals surface area contributed by atoms with Gasteiger partial charge in [0.1, 0.15) is 5.69 Å². The summed E-state index contributed by atoms with van der Waals surface area (Å²) < 4.78 is 8.53. The Morgan fingerprint density at radius 2 is 1.97 bits per heavy atom. The zero-order valence-electron chi connectivity index (χ0n) is 17.4. The summed E-state index contributed by atoms with van der Waals surface area (Å²) in [5.41, 5.74) is 3.74. The lowest BCUT2D eigenvalue weighted by atomic mass is 10.2. The average molecular weight is 408 g/mol. The zero-order chi connectivity index (χ0) is 21.7. The van der Waals surface area contributed by atoms with Crippen molar-refractivity contribution in [2.45, 2.75) is 33.4 Å². The van der Waals surface area contributed by atoms with Gasteiger partial charge >= 0.3 is 5.97 Å². The molecule has 0 unspecified atom stereocenters. The van der Waals surface area contributed by atoms with Gasteiger partial charge in [0.2, 0.25) is 0 Å². The van der Waals surface area contributed by atoms with Crippen molar-refractivity contribution in [2.24, 2.45) is 7.05 Å². The summed E-state index contributed by atoms with van der Waals surface area (Å²) >= 11 is 0. The molecule has 1 N–H and O–H groups in total. The first-order valence-corrected chi connectivity index (χ1v) is 9.47. The molecule has 9 nitrogen and oxygen atoms in total. The lowest BCUT2D eigenvalue weighted by molar-refractivity contribution is -0.148. The van der Waals surface area contributed by atoms with E-state index in [9.17, 15) is 9.59 Å². The summed E-state index contributed by atoms with van der Waals surface area (Å²) in [6.07, 6.45) is 3.48. The quantitative estimate of drug-likeness (QED) is 0.475. The van der Waals surface area contributed by atoms with E-state index in [1.165, 1.54) is 19.1 Å². The Kier molecular flexibility index (Phi) is 6.41. The number of hydrogen-bond acceptors (Lipinski definition) is 6. The molecule has 1 amide bonds. The van der Waals surface area contributed by atoms with Crippen LogP contribution in [0.2, 0.25) is 0 Å². The van der Waals surface area contributed by atoms with E-state index in [-0.39, 0.29) is 0 Å². The molecule has 3 aromatic rings. The number of anilines is 1. The predicted octanol–water partition coefficient (Wildman–Crippen LogP) is 2.26. The molecular formula is C21H24N6O3. The van der Waals surface area contributed by atoms with E-state index in [2.05, 4.69) is 20.7 Å². The number of ether oxygens (including phenoxy) is 1. The number of amides is 1. The second kappa shape index (κ2) is 9.17. The van der Waals surface area contributed by atoms with Crippen LogP contribution >= 0.6 is 0 Å². The molecular weight excluding hydrogens is 384 g/mol. The van der Waals surface area contributed by atoms with E-state index in [1.54, 1.807) is 29.5 Å². The van der Waals surface area contributed by atoms with Crippen LogP contribution in [-0.2, 0) is 27.9 Å². The first-order valence-electron chi connectivity index (χ1n) is 9.47. The van der Waals surface area contributed by atoms with Crippen molar-refractivity contribution in [3.05, 3.63) is 65.2 Å². The van der Waals surface area contributed by atoms with E-state index < -0.39 is 18.0 Å². The predicted molar refractivity (Wildman–Crippen MR) is 111 cm³/mol. The molecule has 30 heavy (non-hydrogen) atoms. The summed E-state index contributed by atoms with van der Waals surface area (Å²) in [4.78, 5) is 24.4. The molecule has 0 radical (unpaired) electrons. The Balaban J connectivity index is 1.53. The van der Waals surface area contributed by atoms with Crippen LogP contribution in [0.1, 0.15) is 29.6 Å². The molecule has 9 heteroatoms. The molecule has 0 aliphatic carbocycles. The van der Waals surface area contributed by atoms with Gasteiger partial charge in [-0.25, -0.2) is 9.48 Å². The van der Waals surface area contributed by atoms with Crippen LogP contribution in [0.4, 0.5) is 5.69 Å². The minimum absolute atomic E-state index is 0.426. The highest BCUT2D eigenvalue weighted by atomic mass is 16.5. The van der Waals surface area contributed by atoms with Gasteiger partial charge in [0.15, 0.2) is 6.10 Å². The van der Waals surface area contributed by atoms with Gasteiger partial charge in [-0.2, -0.15) is 5.10 Å². The number of aryl methyl sites for hydroxylation is 2. The van der Waals surface area contributed by atoms with Gasteiger partial charge in [0, 0.05) is 13.1 Å². The Morgan fingerprint density at radius 3 is 2.63 bits per heavy atom. The minimum Gasteiger partial charge on any atom is -0.449 e. The van der Waals surface area contributed by atoms with Crippen LogP contribution in [0.5, 0.6) is 0 Å². The second-order valence-electron chi connectivity index (χ2n) is 6.90. The van der Waals surface area contributed by atoms with Gasteiger partial charge in [0.05, 0.1) is 29.8 Å². The summed E-state index contributed by atoms with van der Waals surface area (Å²) in [7, 11) is 1.79. The fourth-order valence-electron chi connectivity index (χ4n) is 2.84. The monoisotopic (exact) mass is 408 g/mol. The summed E-state index contributed by atoms with van der Waals surface area (Å²) in [6.45, 7) is 5.74. The Morgan fingerprint density at radius 1 is 1.23 bits per heavy atom. The minimum atomic E-state index is -0.963. The maximum Gasteiger partial charge on any atom is 0.331 e. The lowest BCUT2D eigenvalue weighted by Gasteiger charge is -2.12. The van der Waals surface area contributed by atoms with Crippen molar-refractivity contribution in [1.29, 1.82) is 0 Å². The van der Waals surface area contributed by atoms with Gasteiger partial charge in [-0.3, -0.25) is 9.48 Å².